The van der Waals surface area contributed by atoms with Crippen LogP contribution in [0.4, 0.5) is 0 Å². The normalized spacial score (nSPS) is 13.7. The molecule has 0 radical (unpaired) electrons. The largest absolute Gasteiger partial charge is 0.508 e. The Hall–Kier alpha value is -4.41. The van der Waals surface area contributed by atoms with Crippen LogP contribution in [0.1, 0.15) is 123 Å². The van der Waals surface area contributed by atoms with Crippen molar-refractivity contribution >= 4 is 76.1 Å². The van der Waals surface area contributed by atoms with Crippen molar-refractivity contribution in [1.29, 1.82) is 0 Å². The monoisotopic (exact) mass is 1060 g/mol. The Balaban J connectivity index is 2.51. The minimum Gasteiger partial charge on any atom is -0.508 e. The number of carbonyl (C=O) groups excluding carboxylic acids is 8. The Kier molecular flexibility index (Phi) is 37.3. The van der Waals surface area contributed by atoms with Crippen molar-refractivity contribution in [1.82, 2.24) is 21.3 Å². The van der Waals surface area contributed by atoms with Crippen LogP contribution >= 0.6 is 23.5 Å². The molecule has 6 atom stereocenters. The molecule has 414 valence electrons. The van der Waals surface area contributed by atoms with Gasteiger partial charge >= 0.3 is 0 Å². The summed E-state index contributed by atoms with van der Waals surface area (Å²) in [5.74, 6) is -0.596. The third-order valence-corrected chi connectivity index (χ3v) is 14.2. The van der Waals surface area contributed by atoms with Gasteiger partial charge in [-0.3, -0.25) is 43.3 Å². The van der Waals surface area contributed by atoms with Crippen LogP contribution in [-0.2, 0) is 54.3 Å². The Labute approximate surface area is 442 Å². The van der Waals surface area contributed by atoms with Crippen molar-refractivity contribution in [2.24, 2.45) is 39.9 Å². The zero-order valence-electron chi connectivity index (χ0n) is 44.2. The van der Waals surface area contributed by atoms with E-state index in [-0.39, 0.29) is 109 Å². The van der Waals surface area contributed by atoms with Crippen LogP contribution in [0.2, 0.25) is 0 Å². The number of ether oxygens (including phenoxy) is 2. The summed E-state index contributed by atoms with van der Waals surface area (Å²) in [6.45, 7) is 8.15. The number of rotatable bonds is 47. The first-order valence-electron chi connectivity index (χ1n) is 25.8. The highest BCUT2D eigenvalue weighted by atomic mass is 32.2. The smallest absolute Gasteiger partial charge is 0.234 e. The average molecular weight is 1070 g/mol. The van der Waals surface area contributed by atoms with E-state index in [1.807, 2.05) is 20.1 Å². The second kappa shape index (κ2) is 40.9. The summed E-state index contributed by atoms with van der Waals surface area (Å²) in [5, 5.41) is 21.7. The number of nitrogens with two attached hydrogens (primary N) is 3. The maximum Gasteiger partial charge on any atom is 0.234 e. The van der Waals surface area contributed by atoms with E-state index in [2.05, 4.69) is 26.3 Å². The molecular weight excluding hydrogens is 977 g/mol. The topological polar surface area (TPSA) is 314 Å². The molecule has 0 aliphatic rings. The second-order valence-electron chi connectivity index (χ2n) is 18.6. The number of Topliss-reactive ketones (excluding diaryl/α,β-unsaturated/α-hetero) is 5. The zero-order chi connectivity index (χ0) is 54.4. The predicted octanol–water partition coefficient (Wildman–Crippen LogP) is 3.58. The molecule has 21 heteroatoms. The summed E-state index contributed by atoms with van der Waals surface area (Å²) in [5.41, 5.74) is 17.5. The number of hydrogen-bond acceptors (Lipinski definition) is 16. The van der Waals surface area contributed by atoms with Gasteiger partial charge in [-0.1, -0.05) is 38.8 Å². The van der Waals surface area contributed by atoms with Gasteiger partial charge in [0.25, 0.3) is 0 Å². The maximum absolute atomic E-state index is 13.5. The summed E-state index contributed by atoms with van der Waals surface area (Å²) >= 11 is 2.82. The Bertz CT molecular complexity index is 1840. The predicted molar refractivity (Wildman–Crippen MR) is 290 cm³/mol. The number of guanidine groups is 1. The van der Waals surface area contributed by atoms with Gasteiger partial charge in [-0.05, 0) is 108 Å². The molecule has 0 saturated heterocycles. The molecule has 0 fully saturated rings. The number of aromatic hydroxyl groups is 1. The summed E-state index contributed by atoms with van der Waals surface area (Å²) < 4.78 is 10.9. The van der Waals surface area contributed by atoms with Crippen molar-refractivity contribution < 1.29 is 52.9 Å². The molecule has 73 heavy (non-hydrogen) atoms. The quantitative estimate of drug-likeness (QED) is 0.0263. The van der Waals surface area contributed by atoms with Gasteiger partial charge in [0.1, 0.15) is 23.1 Å². The van der Waals surface area contributed by atoms with E-state index in [9.17, 15) is 43.5 Å². The number of primary amides is 1. The summed E-state index contributed by atoms with van der Waals surface area (Å²) in [6.07, 6.45) is 8.69. The number of nitrogens with one attached hydrogen (secondary N) is 4. The first-order chi connectivity index (χ1) is 34.9. The maximum atomic E-state index is 13.5. The highest BCUT2D eigenvalue weighted by molar-refractivity contribution is 8.00. The summed E-state index contributed by atoms with van der Waals surface area (Å²) in [7, 11) is 1.69. The molecule has 0 unspecified atom stereocenters. The van der Waals surface area contributed by atoms with Gasteiger partial charge in [0, 0.05) is 69.9 Å². The second-order valence-corrected chi connectivity index (χ2v) is 20.5. The average Bonchev–Trinajstić information content (AvgIpc) is 3.35. The van der Waals surface area contributed by atoms with Crippen molar-refractivity contribution in [3.8, 4) is 5.75 Å². The minimum absolute atomic E-state index is 0.00394. The van der Waals surface area contributed by atoms with Crippen LogP contribution in [0.15, 0.2) is 29.3 Å². The molecule has 3 amide bonds. The van der Waals surface area contributed by atoms with Crippen LogP contribution in [0.3, 0.4) is 0 Å². The number of thioether (sulfide) groups is 2. The summed E-state index contributed by atoms with van der Waals surface area (Å²) in [4.78, 5) is 105. The standard InChI is InChI=1S/C52H88N8O11S2/c1-6-36(2)50(47(66)22-17-40(37(3)61)12-7-8-25-57-48(67)24-28-71-30-29-70-27-10-13-42(63)33-72-5)60-49(68)23-20-43(64)34-73-35-45(56-4)46(65)21-16-39(11-9-26-58-52(54)55)32-59-44(51(53)69)31-38-14-18-41(62)19-15-38/h14-15,18-19,36,39-40,44-45,50,56,59,62H,6-13,16-17,20-35H2,1-5H3,(H2,53,69)(H,57,67)(H,60,68)(H4,54,55,58)/t36-,39+,40+,44-,45-,50-/m0/s1. The zero-order valence-corrected chi connectivity index (χ0v) is 45.8. The lowest BCUT2D eigenvalue weighted by molar-refractivity contribution is -0.130. The minimum atomic E-state index is -0.751. The fraction of sp³-hybridized carbons (Fsp3) is 0.712. The number of ketones is 5. The van der Waals surface area contributed by atoms with Crippen molar-refractivity contribution in [3.63, 3.8) is 0 Å². The van der Waals surface area contributed by atoms with E-state index >= 15 is 0 Å². The van der Waals surface area contributed by atoms with E-state index in [1.165, 1.54) is 30.4 Å². The number of phenols is 1. The molecule has 0 aliphatic heterocycles. The Morgan fingerprint density at radius 2 is 1.42 bits per heavy atom. The molecule has 19 nitrogen and oxygen atoms in total. The Morgan fingerprint density at radius 1 is 0.740 bits per heavy atom. The SMILES string of the molecule is CC[C@H](C)[C@H](NC(=O)CCC(=O)CSC[C@H](NC)C(=O)CC[C@@H](CCCN=C(N)N)CN[C@@H](Cc1ccc(O)cc1)C(N)=O)C(=O)CC[C@@H](CCCCNC(=O)CCOCCOCCCC(=O)CSC)C(C)=O. The van der Waals surface area contributed by atoms with Gasteiger partial charge in [0.05, 0.1) is 49.5 Å². The van der Waals surface area contributed by atoms with Crippen molar-refractivity contribution in [2.45, 2.75) is 142 Å². The van der Waals surface area contributed by atoms with Gasteiger partial charge in [-0.25, -0.2) is 0 Å². The molecule has 0 aromatic heterocycles. The molecule has 0 spiro atoms. The number of aliphatic imine (C=N–C) groups is 1. The molecule has 1 rings (SSSR count). The molecule has 1 aromatic carbocycles. The number of hydrogen-bond donors (Lipinski definition) is 8. The third-order valence-electron chi connectivity index (χ3n) is 12.5. The highest BCUT2D eigenvalue weighted by Crippen LogP contribution is 2.21. The van der Waals surface area contributed by atoms with E-state index in [0.29, 0.717) is 122 Å². The lowest BCUT2D eigenvalue weighted by atomic mass is 9.88. The van der Waals surface area contributed by atoms with Crippen molar-refractivity contribution in [3.05, 3.63) is 29.8 Å². The van der Waals surface area contributed by atoms with Gasteiger partial charge < -0.3 is 53.0 Å². The third kappa shape index (κ3) is 33.2. The number of carbonyl (C=O) groups is 8. The highest BCUT2D eigenvalue weighted by Gasteiger charge is 2.28. The van der Waals surface area contributed by atoms with E-state index in [1.54, 1.807) is 31.3 Å². The van der Waals surface area contributed by atoms with Crippen LogP contribution in [0.5, 0.6) is 5.75 Å². The molecule has 0 saturated carbocycles. The first-order valence-corrected chi connectivity index (χ1v) is 28.4. The Morgan fingerprint density at radius 3 is 2.07 bits per heavy atom. The van der Waals surface area contributed by atoms with Gasteiger partial charge in [0.2, 0.25) is 17.7 Å². The lowest BCUT2D eigenvalue weighted by Gasteiger charge is -2.24. The number of unbranched alkanes of at least 4 members (excludes halogenated alkanes) is 1. The van der Waals surface area contributed by atoms with E-state index < -0.39 is 29.9 Å². The number of likely N-dealkylation sites (N-methyl/N-ethyl adjacent to an activating group) is 1. The molecule has 0 bridgehead atoms. The van der Waals surface area contributed by atoms with Crippen molar-refractivity contribution in [2.75, 3.05) is 76.6 Å². The van der Waals surface area contributed by atoms with Crippen LogP contribution in [0, 0.1) is 17.8 Å². The van der Waals surface area contributed by atoms with Gasteiger partial charge in [-0.2, -0.15) is 23.5 Å². The summed E-state index contributed by atoms with van der Waals surface area (Å²) in [6, 6.07) is 4.62. The lowest BCUT2D eigenvalue weighted by Crippen LogP contribution is -2.45. The number of amides is 3. The van der Waals surface area contributed by atoms with E-state index in [0.717, 1.165) is 5.56 Å². The first kappa shape index (κ1) is 66.6. The number of phenolic OH excluding ortho intramolecular Hbond substituents is 1. The molecule has 1 aromatic rings. The fourth-order valence-corrected chi connectivity index (χ4v) is 9.37. The van der Waals surface area contributed by atoms with E-state index in [4.69, 9.17) is 26.7 Å². The fourth-order valence-electron chi connectivity index (χ4n) is 7.83. The number of nitrogens with zero attached hydrogens (tertiary/aromatic N) is 1. The molecule has 0 aliphatic carbocycles. The van der Waals surface area contributed by atoms with Crippen LogP contribution in [-0.4, -0.2) is 152 Å². The number of benzene rings is 1. The molecule has 11 N–H and O–H groups in total. The van der Waals surface area contributed by atoms with Crippen LogP contribution < -0.4 is 38.5 Å². The molecule has 0 heterocycles. The van der Waals surface area contributed by atoms with Crippen LogP contribution in [0.25, 0.3) is 0 Å². The van der Waals surface area contributed by atoms with Gasteiger partial charge in [-0.15, -0.1) is 0 Å². The molecular formula is C52H88N8O11S2. The van der Waals surface area contributed by atoms with Gasteiger partial charge in [0.15, 0.2) is 17.5 Å².